The van der Waals surface area contributed by atoms with Gasteiger partial charge in [0.2, 0.25) is 0 Å². The molecule has 1 fully saturated rings. The number of hydrogen-bond acceptors (Lipinski definition) is 5. The predicted molar refractivity (Wildman–Crippen MR) is 94.9 cm³/mol. The molecular formula is C16H22BrN5O2. The summed E-state index contributed by atoms with van der Waals surface area (Å²) < 4.78 is 8.13. The summed E-state index contributed by atoms with van der Waals surface area (Å²) in [7, 11) is 0. The van der Waals surface area contributed by atoms with E-state index in [0.717, 1.165) is 24.2 Å². The maximum Gasteiger partial charge on any atom is 0.410 e. The first-order chi connectivity index (χ1) is 11.3. The fourth-order valence-corrected chi connectivity index (χ4v) is 3.59. The lowest BCUT2D eigenvalue weighted by Gasteiger charge is -2.33. The van der Waals surface area contributed by atoms with E-state index in [2.05, 4.69) is 25.9 Å². The number of likely N-dealkylation sites (tertiary alicyclic amines) is 1. The number of nitrogens with zero attached hydrogens (tertiary/aromatic N) is 4. The van der Waals surface area contributed by atoms with E-state index < -0.39 is 5.60 Å². The quantitative estimate of drug-likeness (QED) is 0.800. The van der Waals surface area contributed by atoms with Crippen LogP contribution in [0, 0.1) is 0 Å². The third-order valence-corrected chi connectivity index (χ3v) is 4.56. The Morgan fingerprint density at radius 3 is 2.92 bits per heavy atom. The van der Waals surface area contributed by atoms with Crippen LogP contribution in [0.3, 0.4) is 0 Å². The van der Waals surface area contributed by atoms with Crippen LogP contribution in [0.25, 0.3) is 5.52 Å². The van der Waals surface area contributed by atoms with Crippen molar-refractivity contribution in [2.24, 2.45) is 0 Å². The summed E-state index contributed by atoms with van der Waals surface area (Å²) in [6.45, 7) is 6.92. The van der Waals surface area contributed by atoms with Gasteiger partial charge in [-0.05, 0) is 49.5 Å². The number of carbonyl (C=O) groups is 1. The molecule has 0 saturated carbocycles. The number of halogens is 1. The first-order valence-electron chi connectivity index (χ1n) is 8.02. The van der Waals surface area contributed by atoms with Crippen LogP contribution in [0.15, 0.2) is 17.0 Å². The fourth-order valence-electron chi connectivity index (χ4n) is 3.01. The Kier molecular flexibility index (Phi) is 4.42. The van der Waals surface area contributed by atoms with Crippen LogP contribution >= 0.6 is 15.9 Å². The fraction of sp³-hybridized carbons (Fsp3) is 0.562. The number of nitrogen functional groups attached to an aromatic ring is 1. The van der Waals surface area contributed by atoms with Gasteiger partial charge < -0.3 is 15.4 Å². The summed E-state index contributed by atoms with van der Waals surface area (Å²) in [5.41, 5.74) is 6.23. The number of rotatable bonds is 1. The molecular weight excluding hydrogens is 374 g/mol. The summed E-state index contributed by atoms with van der Waals surface area (Å²) >= 11 is 3.46. The SMILES string of the molecule is CC(C)(C)OC(=O)N1CCC[C@@H](c2nc(Br)c3c(N)nccn23)C1. The van der Waals surface area contributed by atoms with Crippen LogP contribution in [0.5, 0.6) is 0 Å². The number of hydrogen-bond donors (Lipinski definition) is 1. The molecule has 0 aliphatic carbocycles. The van der Waals surface area contributed by atoms with Gasteiger partial charge in [-0.3, -0.25) is 4.40 Å². The molecule has 0 bridgehead atoms. The molecule has 3 rings (SSSR count). The number of imidazole rings is 1. The van der Waals surface area contributed by atoms with E-state index in [9.17, 15) is 4.79 Å². The molecule has 1 saturated heterocycles. The van der Waals surface area contributed by atoms with Gasteiger partial charge in [-0.15, -0.1) is 0 Å². The van der Waals surface area contributed by atoms with Crippen LogP contribution in [0.1, 0.15) is 45.4 Å². The first-order valence-corrected chi connectivity index (χ1v) is 8.81. The molecule has 1 aliphatic rings. The summed E-state index contributed by atoms with van der Waals surface area (Å²) in [6, 6.07) is 0. The second kappa shape index (κ2) is 6.23. The Morgan fingerprint density at radius 2 is 2.21 bits per heavy atom. The molecule has 130 valence electrons. The van der Waals surface area contributed by atoms with Crippen molar-refractivity contribution in [1.82, 2.24) is 19.3 Å². The lowest BCUT2D eigenvalue weighted by Crippen LogP contribution is -2.42. The molecule has 3 heterocycles. The molecule has 0 aromatic carbocycles. The Bertz CT molecular complexity index is 768. The summed E-state index contributed by atoms with van der Waals surface area (Å²) in [6.07, 6.45) is 5.12. The van der Waals surface area contributed by atoms with Crippen molar-refractivity contribution in [2.45, 2.75) is 45.1 Å². The summed E-state index contributed by atoms with van der Waals surface area (Å²) in [4.78, 5) is 22.8. The van der Waals surface area contributed by atoms with Crippen LogP contribution in [-0.4, -0.2) is 44.1 Å². The molecule has 0 radical (unpaired) electrons. The van der Waals surface area contributed by atoms with Crippen LogP contribution in [0.4, 0.5) is 10.6 Å². The molecule has 8 heteroatoms. The third-order valence-electron chi connectivity index (χ3n) is 4.01. The van der Waals surface area contributed by atoms with Crippen molar-refractivity contribution in [2.75, 3.05) is 18.8 Å². The number of piperidine rings is 1. The molecule has 2 aromatic rings. The van der Waals surface area contributed by atoms with Crippen molar-refractivity contribution < 1.29 is 9.53 Å². The second-order valence-electron chi connectivity index (χ2n) is 7.06. The zero-order valence-electron chi connectivity index (χ0n) is 14.1. The van der Waals surface area contributed by atoms with Crippen LogP contribution in [-0.2, 0) is 4.74 Å². The average Bonchev–Trinajstić information content (AvgIpc) is 2.84. The summed E-state index contributed by atoms with van der Waals surface area (Å²) in [5, 5.41) is 0. The van der Waals surface area contributed by atoms with E-state index in [4.69, 9.17) is 10.5 Å². The van der Waals surface area contributed by atoms with Crippen molar-refractivity contribution in [3.63, 3.8) is 0 Å². The standard InChI is InChI=1S/C16H22BrN5O2/c1-16(2,3)24-15(23)21-7-4-5-10(9-21)14-20-12(17)11-13(18)19-6-8-22(11)14/h6,8,10H,4-5,7,9H2,1-3H3,(H2,18,19)/t10-/m1/s1. The first kappa shape index (κ1) is 17.0. The molecule has 1 amide bonds. The molecule has 2 aromatic heterocycles. The number of carbonyl (C=O) groups excluding carboxylic acids is 1. The minimum Gasteiger partial charge on any atom is -0.444 e. The van der Waals surface area contributed by atoms with Gasteiger partial charge in [-0.2, -0.15) is 0 Å². The number of amides is 1. The highest BCUT2D eigenvalue weighted by molar-refractivity contribution is 9.10. The highest BCUT2D eigenvalue weighted by atomic mass is 79.9. The van der Waals surface area contributed by atoms with Crippen molar-refractivity contribution >= 4 is 33.4 Å². The number of fused-ring (bicyclic) bond motifs is 1. The number of aromatic nitrogens is 3. The van der Waals surface area contributed by atoms with E-state index in [0.29, 0.717) is 23.5 Å². The molecule has 24 heavy (non-hydrogen) atoms. The lowest BCUT2D eigenvalue weighted by molar-refractivity contribution is 0.0196. The molecule has 7 nitrogen and oxygen atoms in total. The van der Waals surface area contributed by atoms with Crippen molar-refractivity contribution in [3.05, 3.63) is 22.8 Å². The Morgan fingerprint density at radius 1 is 1.46 bits per heavy atom. The number of anilines is 1. The van der Waals surface area contributed by atoms with Gasteiger partial charge in [0.25, 0.3) is 0 Å². The van der Waals surface area contributed by atoms with Gasteiger partial charge in [0.15, 0.2) is 5.82 Å². The van der Waals surface area contributed by atoms with Gasteiger partial charge >= 0.3 is 6.09 Å². The largest absolute Gasteiger partial charge is 0.444 e. The molecule has 0 unspecified atom stereocenters. The van der Waals surface area contributed by atoms with Crippen LogP contribution < -0.4 is 5.73 Å². The zero-order valence-corrected chi connectivity index (χ0v) is 15.7. The summed E-state index contributed by atoms with van der Waals surface area (Å²) in [5.74, 6) is 1.45. The lowest BCUT2D eigenvalue weighted by atomic mass is 9.97. The van der Waals surface area contributed by atoms with E-state index in [1.165, 1.54) is 0 Å². The predicted octanol–water partition coefficient (Wildman–Crippen LogP) is 3.19. The number of ether oxygens (including phenoxy) is 1. The van der Waals surface area contributed by atoms with Gasteiger partial charge in [0.05, 0.1) is 0 Å². The van der Waals surface area contributed by atoms with Gasteiger partial charge in [-0.1, -0.05) is 0 Å². The van der Waals surface area contributed by atoms with Gasteiger partial charge in [0, 0.05) is 31.4 Å². The second-order valence-corrected chi connectivity index (χ2v) is 7.81. The normalized spacial score (nSPS) is 18.8. The average molecular weight is 396 g/mol. The minimum absolute atomic E-state index is 0.131. The topological polar surface area (TPSA) is 85.8 Å². The molecule has 0 spiro atoms. The van der Waals surface area contributed by atoms with E-state index in [1.807, 2.05) is 31.4 Å². The smallest absolute Gasteiger partial charge is 0.410 e. The minimum atomic E-state index is -0.493. The van der Waals surface area contributed by atoms with Crippen molar-refractivity contribution in [1.29, 1.82) is 0 Å². The molecule has 2 N–H and O–H groups in total. The third kappa shape index (κ3) is 3.33. The Hall–Kier alpha value is -1.83. The van der Waals surface area contributed by atoms with E-state index >= 15 is 0 Å². The monoisotopic (exact) mass is 395 g/mol. The highest BCUT2D eigenvalue weighted by Crippen LogP contribution is 2.31. The Balaban J connectivity index is 1.86. The molecule has 1 atom stereocenters. The molecule has 1 aliphatic heterocycles. The maximum atomic E-state index is 12.4. The van der Waals surface area contributed by atoms with E-state index in [1.54, 1.807) is 11.1 Å². The van der Waals surface area contributed by atoms with Crippen LogP contribution in [0.2, 0.25) is 0 Å². The maximum absolute atomic E-state index is 12.4. The van der Waals surface area contributed by atoms with Gasteiger partial charge in [0.1, 0.15) is 21.5 Å². The Labute approximate surface area is 149 Å². The van der Waals surface area contributed by atoms with E-state index in [-0.39, 0.29) is 12.0 Å². The van der Waals surface area contributed by atoms with Gasteiger partial charge in [-0.25, -0.2) is 14.8 Å². The zero-order chi connectivity index (χ0) is 17.5. The number of nitrogens with two attached hydrogens (primary N) is 1. The highest BCUT2D eigenvalue weighted by Gasteiger charge is 2.31. The van der Waals surface area contributed by atoms with Crippen molar-refractivity contribution in [3.8, 4) is 0 Å².